The van der Waals surface area contributed by atoms with E-state index in [0.29, 0.717) is 5.56 Å². The summed E-state index contributed by atoms with van der Waals surface area (Å²) < 4.78 is 38.4. The summed E-state index contributed by atoms with van der Waals surface area (Å²) in [6.07, 6.45) is 0.277. The van der Waals surface area contributed by atoms with Gasteiger partial charge in [-0.05, 0) is 65.9 Å². The number of nitrogens with zero attached hydrogens (tertiary/aromatic N) is 1. The summed E-state index contributed by atoms with van der Waals surface area (Å²) >= 11 is 0. The smallest absolute Gasteiger partial charge is 0.361 e. The van der Waals surface area contributed by atoms with Gasteiger partial charge >= 0.3 is 12.1 Å². The predicted octanol–water partition coefficient (Wildman–Crippen LogP) is 6.50. The number of benzene rings is 3. The molecule has 0 atom stereocenters. The molecule has 0 aromatic heterocycles. The van der Waals surface area contributed by atoms with Gasteiger partial charge in [0, 0.05) is 11.1 Å². The fraction of sp³-hybridized carbons (Fsp3) is 0.267. The lowest BCUT2D eigenvalue weighted by Gasteiger charge is -2.20. The number of alkyl halides is 3. The summed E-state index contributed by atoms with van der Waals surface area (Å²) in [6.45, 7) is 2.33. The Morgan fingerprint density at radius 1 is 0.811 bits per heavy atom. The zero-order valence-electron chi connectivity index (χ0n) is 20.6. The number of carbonyl (C=O) groups is 2. The van der Waals surface area contributed by atoms with Gasteiger partial charge in [0.15, 0.2) is 0 Å². The van der Waals surface area contributed by atoms with Crippen LogP contribution in [0.15, 0.2) is 72.8 Å². The molecule has 0 aliphatic rings. The van der Waals surface area contributed by atoms with E-state index in [0.717, 1.165) is 35.2 Å². The van der Waals surface area contributed by atoms with Gasteiger partial charge in [-0.3, -0.25) is 4.79 Å². The highest BCUT2D eigenvalue weighted by molar-refractivity contribution is 6.20. The van der Waals surface area contributed by atoms with Crippen molar-refractivity contribution in [3.05, 3.63) is 106 Å². The molecule has 0 heterocycles. The summed E-state index contributed by atoms with van der Waals surface area (Å²) in [5.41, 5.74) is 3.52. The fourth-order valence-electron chi connectivity index (χ4n) is 3.65. The highest BCUT2D eigenvalue weighted by Crippen LogP contribution is 2.29. The Morgan fingerprint density at radius 3 is 1.76 bits per heavy atom. The lowest BCUT2D eigenvalue weighted by Crippen LogP contribution is -2.27. The highest BCUT2D eigenvalue weighted by Gasteiger charge is 2.30. The molecule has 3 aromatic carbocycles. The second-order valence-corrected chi connectivity index (χ2v) is 8.62. The first kappa shape index (κ1) is 27.7. The Hall–Kier alpha value is -3.89. The third-order valence-electron chi connectivity index (χ3n) is 5.64. The van der Waals surface area contributed by atoms with E-state index in [4.69, 9.17) is 4.84 Å². The van der Waals surface area contributed by atoms with Crippen molar-refractivity contribution in [2.24, 2.45) is 0 Å². The van der Waals surface area contributed by atoms with Crippen LogP contribution in [0.3, 0.4) is 0 Å². The maximum Gasteiger partial charge on any atom is 0.416 e. The molecule has 0 spiro atoms. The number of carbonyl (C=O) groups excluding carboxylic acids is 2. The molecule has 0 aliphatic heterocycles. The molecule has 0 fully saturated rings. The largest absolute Gasteiger partial charge is 0.416 e. The molecule has 3 rings (SSSR count). The van der Waals surface area contributed by atoms with Crippen LogP contribution in [0.2, 0.25) is 0 Å². The number of aryl methyl sites for hydroxylation is 1. The van der Waals surface area contributed by atoms with Gasteiger partial charge in [0.1, 0.15) is 0 Å². The maximum absolute atomic E-state index is 12.8. The van der Waals surface area contributed by atoms with Crippen molar-refractivity contribution in [1.29, 1.82) is 0 Å². The van der Waals surface area contributed by atoms with Crippen molar-refractivity contribution in [2.75, 3.05) is 0 Å². The maximum atomic E-state index is 12.8. The average molecular weight is 508 g/mol. The summed E-state index contributed by atoms with van der Waals surface area (Å²) in [5, 5.41) is 1.22. The number of hydroxylamine groups is 2. The first-order chi connectivity index (χ1) is 17.8. The minimum Gasteiger partial charge on any atom is -0.361 e. The van der Waals surface area contributed by atoms with Gasteiger partial charge in [0.25, 0.3) is 0 Å². The Balaban J connectivity index is 1.64. The van der Waals surface area contributed by atoms with E-state index in [1.54, 1.807) is 0 Å². The van der Waals surface area contributed by atoms with Crippen LogP contribution >= 0.6 is 0 Å². The fourth-order valence-corrected chi connectivity index (χ4v) is 3.65. The van der Waals surface area contributed by atoms with Gasteiger partial charge in [0.2, 0.25) is 6.29 Å². The van der Waals surface area contributed by atoms with Crippen LogP contribution < -0.4 is 0 Å². The second-order valence-electron chi connectivity index (χ2n) is 8.62. The molecule has 0 radical (unpaired) electrons. The molecule has 192 valence electrons. The Kier molecular flexibility index (Phi) is 10.0. The lowest BCUT2D eigenvalue weighted by atomic mass is 10.1. The predicted molar refractivity (Wildman–Crippen MR) is 135 cm³/mol. The van der Waals surface area contributed by atoms with E-state index >= 15 is 0 Å². The minimum absolute atomic E-state index is 0.00765. The van der Waals surface area contributed by atoms with Crippen molar-refractivity contribution < 1.29 is 27.6 Å². The highest BCUT2D eigenvalue weighted by atomic mass is 19.4. The van der Waals surface area contributed by atoms with Crippen LogP contribution in [0, 0.1) is 11.8 Å². The minimum atomic E-state index is -4.44. The zero-order chi connectivity index (χ0) is 26.7. The van der Waals surface area contributed by atoms with E-state index < -0.39 is 17.7 Å². The lowest BCUT2D eigenvalue weighted by molar-refractivity contribution is -0.195. The van der Waals surface area contributed by atoms with Crippen LogP contribution in [0.25, 0.3) is 0 Å². The molecule has 0 bridgehead atoms. The number of rotatable bonds is 10. The van der Waals surface area contributed by atoms with Crippen LogP contribution in [-0.4, -0.2) is 17.3 Å². The van der Waals surface area contributed by atoms with Gasteiger partial charge in [-0.2, -0.15) is 13.2 Å². The molecule has 3 aromatic rings. The summed E-state index contributed by atoms with van der Waals surface area (Å²) in [6, 6.07) is 20.1. The quantitative estimate of drug-likeness (QED) is 0.103. The standard InChI is InChI=1S/C30H28F3NO3/c1-2-3-4-5-23-6-8-24(9-7-23)10-11-25-12-14-26(15-13-25)20-34(37-29(36)22-35)21-27-16-18-28(19-17-27)30(31,32)33/h6-9,12-19,22H,2-5,20-21H2,1H3. The van der Waals surface area contributed by atoms with E-state index in [1.165, 1.54) is 42.0 Å². The van der Waals surface area contributed by atoms with Crippen molar-refractivity contribution in [1.82, 2.24) is 5.06 Å². The molecule has 0 aliphatic carbocycles. The van der Waals surface area contributed by atoms with E-state index in [-0.39, 0.29) is 19.4 Å². The van der Waals surface area contributed by atoms with Gasteiger partial charge in [0.05, 0.1) is 18.7 Å². The van der Waals surface area contributed by atoms with Crippen LogP contribution in [0.5, 0.6) is 0 Å². The summed E-state index contributed by atoms with van der Waals surface area (Å²) in [5.74, 6) is 5.18. The molecule has 7 heteroatoms. The Bertz CT molecular complexity index is 1220. The molecule has 4 nitrogen and oxygen atoms in total. The molecular formula is C30H28F3NO3. The topological polar surface area (TPSA) is 46.6 Å². The molecule has 37 heavy (non-hydrogen) atoms. The van der Waals surface area contributed by atoms with Gasteiger partial charge < -0.3 is 4.84 Å². The van der Waals surface area contributed by atoms with Crippen LogP contribution in [-0.2, 0) is 40.1 Å². The molecular weight excluding hydrogens is 479 g/mol. The van der Waals surface area contributed by atoms with Gasteiger partial charge in [-0.15, -0.1) is 5.06 Å². The molecule has 0 unspecified atom stereocenters. The normalized spacial score (nSPS) is 11.1. The van der Waals surface area contributed by atoms with E-state index in [9.17, 15) is 22.8 Å². The number of hydrogen-bond donors (Lipinski definition) is 0. The number of hydrogen-bond acceptors (Lipinski definition) is 4. The monoisotopic (exact) mass is 507 g/mol. The molecule has 0 amide bonds. The SMILES string of the molecule is CCCCCc1ccc(C#Cc2ccc(CN(Cc3ccc(C(F)(F)F)cc3)OC(=O)C=O)cc2)cc1. The molecule has 0 saturated carbocycles. The Labute approximate surface area is 215 Å². The van der Waals surface area contributed by atoms with Crippen molar-refractivity contribution in [2.45, 2.75) is 51.9 Å². The number of halogens is 3. The zero-order valence-corrected chi connectivity index (χ0v) is 20.6. The number of aldehydes is 1. The van der Waals surface area contributed by atoms with E-state index in [1.807, 2.05) is 36.4 Å². The first-order valence-electron chi connectivity index (χ1n) is 12.0. The number of unbranched alkanes of at least 4 members (excludes halogenated alkanes) is 2. The van der Waals surface area contributed by atoms with Gasteiger partial charge in [-0.1, -0.05) is 68.0 Å². The van der Waals surface area contributed by atoms with E-state index in [2.05, 4.69) is 30.9 Å². The second kappa shape index (κ2) is 13.4. The average Bonchev–Trinajstić information content (AvgIpc) is 2.89. The summed E-state index contributed by atoms with van der Waals surface area (Å²) in [7, 11) is 0. The molecule has 0 saturated heterocycles. The van der Waals surface area contributed by atoms with Crippen molar-refractivity contribution >= 4 is 12.3 Å². The molecule has 0 N–H and O–H groups in total. The van der Waals surface area contributed by atoms with Gasteiger partial charge in [-0.25, -0.2) is 4.79 Å². The third-order valence-corrected chi connectivity index (χ3v) is 5.64. The van der Waals surface area contributed by atoms with Crippen molar-refractivity contribution in [3.63, 3.8) is 0 Å². The summed E-state index contributed by atoms with van der Waals surface area (Å²) in [4.78, 5) is 27.4. The Morgan fingerprint density at radius 2 is 1.30 bits per heavy atom. The van der Waals surface area contributed by atoms with Crippen LogP contribution in [0.1, 0.15) is 59.6 Å². The third kappa shape index (κ3) is 9.25. The van der Waals surface area contributed by atoms with Crippen LogP contribution in [0.4, 0.5) is 13.2 Å². The van der Waals surface area contributed by atoms with Crippen molar-refractivity contribution in [3.8, 4) is 11.8 Å². The first-order valence-corrected chi connectivity index (χ1v) is 12.0.